The number of pyridine rings is 1. The summed E-state index contributed by atoms with van der Waals surface area (Å²) in [6, 6.07) is 0. The van der Waals surface area contributed by atoms with Gasteiger partial charge in [-0.2, -0.15) is 13.2 Å². The summed E-state index contributed by atoms with van der Waals surface area (Å²) in [5.41, 5.74) is -2.71. The first-order chi connectivity index (χ1) is 8.14. The molecule has 3 nitrogen and oxygen atoms in total. The van der Waals surface area contributed by atoms with Gasteiger partial charge in [0.2, 0.25) is 0 Å². The van der Waals surface area contributed by atoms with Crippen LogP contribution in [0.5, 0.6) is 0 Å². The van der Waals surface area contributed by atoms with Crippen LogP contribution in [-0.4, -0.2) is 16.1 Å². The van der Waals surface area contributed by atoms with Gasteiger partial charge < -0.3 is 5.11 Å². The smallest absolute Gasteiger partial charge is 0.434 e. The Balaban J connectivity index is 3.44. The largest absolute Gasteiger partial charge is 0.481 e. The SMILES string of the molecule is O=C(O)Cc1c(C(F)F)cnc(C(F)(F)F)c1I. The minimum atomic E-state index is -4.82. The highest BCUT2D eigenvalue weighted by atomic mass is 127. The highest BCUT2D eigenvalue weighted by molar-refractivity contribution is 14.1. The Morgan fingerprint density at radius 1 is 1.44 bits per heavy atom. The summed E-state index contributed by atoms with van der Waals surface area (Å²) in [6.45, 7) is 0. The molecule has 0 amide bonds. The summed E-state index contributed by atoms with van der Waals surface area (Å²) in [4.78, 5) is 13.4. The first-order valence-corrected chi connectivity index (χ1v) is 5.47. The summed E-state index contributed by atoms with van der Waals surface area (Å²) in [7, 11) is 0. The van der Waals surface area contributed by atoms with Crippen LogP contribution >= 0.6 is 22.6 Å². The van der Waals surface area contributed by atoms with Crippen molar-refractivity contribution >= 4 is 28.6 Å². The Hall–Kier alpha value is -1.00. The Morgan fingerprint density at radius 2 is 2.00 bits per heavy atom. The maximum absolute atomic E-state index is 12.6. The first-order valence-electron chi connectivity index (χ1n) is 4.39. The molecule has 100 valence electrons. The van der Waals surface area contributed by atoms with Gasteiger partial charge in [-0.05, 0) is 28.2 Å². The average molecular weight is 381 g/mol. The Bertz CT molecular complexity index is 475. The quantitative estimate of drug-likeness (QED) is 0.646. The number of alkyl halides is 5. The lowest BCUT2D eigenvalue weighted by atomic mass is 10.1. The van der Waals surface area contributed by atoms with Gasteiger partial charge in [-0.25, -0.2) is 8.78 Å². The van der Waals surface area contributed by atoms with Crippen LogP contribution in [0.2, 0.25) is 0 Å². The van der Waals surface area contributed by atoms with E-state index in [1.807, 2.05) is 0 Å². The molecular formula is C9H5F5INO2. The second kappa shape index (κ2) is 5.33. The second-order valence-corrected chi connectivity index (χ2v) is 4.30. The first kappa shape index (κ1) is 15.1. The van der Waals surface area contributed by atoms with Crippen molar-refractivity contribution in [1.82, 2.24) is 4.98 Å². The zero-order chi connectivity index (χ0) is 14.1. The van der Waals surface area contributed by atoms with Crippen LogP contribution in [0.3, 0.4) is 0 Å². The zero-order valence-corrected chi connectivity index (χ0v) is 10.6. The van der Waals surface area contributed by atoms with Crippen molar-refractivity contribution in [3.8, 4) is 0 Å². The van der Waals surface area contributed by atoms with E-state index in [1.54, 1.807) is 0 Å². The van der Waals surface area contributed by atoms with Gasteiger partial charge in [0.1, 0.15) is 0 Å². The highest BCUT2D eigenvalue weighted by Crippen LogP contribution is 2.35. The fraction of sp³-hybridized carbons (Fsp3) is 0.333. The molecule has 0 unspecified atom stereocenters. The fourth-order valence-corrected chi connectivity index (χ4v) is 2.20. The Morgan fingerprint density at radius 3 is 2.39 bits per heavy atom. The van der Waals surface area contributed by atoms with E-state index in [4.69, 9.17) is 5.11 Å². The molecule has 0 saturated carbocycles. The molecule has 1 aromatic heterocycles. The van der Waals surface area contributed by atoms with E-state index in [9.17, 15) is 26.7 Å². The average Bonchev–Trinajstić information content (AvgIpc) is 2.17. The van der Waals surface area contributed by atoms with Crippen molar-refractivity contribution in [3.63, 3.8) is 0 Å². The van der Waals surface area contributed by atoms with Crippen molar-refractivity contribution in [1.29, 1.82) is 0 Å². The second-order valence-electron chi connectivity index (χ2n) is 3.22. The van der Waals surface area contributed by atoms with Crippen LogP contribution in [0, 0.1) is 3.57 Å². The van der Waals surface area contributed by atoms with E-state index >= 15 is 0 Å². The topological polar surface area (TPSA) is 50.2 Å². The number of hydrogen-bond donors (Lipinski definition) is 1. The van der Waals surface area contributed by atoms with Gasteiger partial charge >= 0.3 is 12.1 Å². The number of carboxylic acids is 1. The van der Waals surface area contributed by atoms with Crippen molar-refractivity contribution in [2.45, 2.75) is 19.0 Å². The maximum atomic E-state index is 12.6. The zero-order valence-electron chi connectivity index (χ0n) is 8.43. The number of rotatable bonds is 3. The minimum absolute atomic E-state index is 0.369. The van der Waals surface area contributed by atoms with Crippen molar-refractivity contribution in [2.24, 2.45) is 0 Å². The van der Waals surface area contributed by atoms with E-state index < -0.39 is 45.4 Å². The number of nitrogens with zero attached hydrogens (tertiary/aromatic N) is 1. The van der Waals surface area contributed by atoms with Gasteiger partial charge in [-0.15, -0.1) is 0 Å². The van der Waals surface area contributed by atoms with Crippen LogP contribution in [-0.2, 0) is 17.4 Å². The third-order valence-corrected chi connectivity index (χ3v) is 3.15. The van der Waals surface area contributed by atoms with Crippen molar-refractivity contribution in [3.05, 3.63) is 26.6 Å². The highest BCUT2D eigenvalue weighted by Gasteiger charge is 2.37. The lowest BCUT2D eigenvalue weighted by molar-refractivity contribution is -0.142. The number of aromatic nitrogens is 1. The molecule has 0 saturated heterocycles. The lowest BCUT2D eigenvalue weighted by Crippen LogP contribution is -2.16. The number of aliphatic carboxylic acids is 1. The van der Waals surface area contributed by atoms with Crippen LogP contribution in [0.1, 0.15) is 23.2 Å². The molecule has 18 heavy (non-hydrogen) atoms. The third-order valence-electron chi connectivity index (χ3n) is 1.99. The minimum Gasteiger partial charge on any atom is -0.481 e. The monoisotopic (exact) mass is 381 g/mol. The van der Waals surface area contributed by atoms with Gasteiger partial charge in [0.25, 0.3) is 6.43 Å². The molecule has 0 bridgehead atoms. The maximum Gasteiger partial charge on any atom is 0.434 e. The Kier molecular flexibility index (Phi) is 4.46. The number of carbonyl (C=O) groups is 1. The molecule has 0 aliphatic rings. The molecule has 0 aliphatic heterocycles. The predicted molar refractivity (Wildman–Crippen MR) is 58.3 cm³/mol. The molecule has 1 aromatic rings. The number of halogens is 6. The van der Waals surface area contributed by atoms with E-state index in [2.05, 4.69) is 4.98 Å². The normalized spacial score (nSPS) is 11.9. The molecule has 0 spiro atoms. The number of hydrogen-bond acceptors (Lipinski definition) is 2. The van der Waals surface area contributed by atoms with E-state index in [0.717, 1.165) is 0 Å². The summed E-state index contributed by atoms with van der Waals surface area (Å²) >= 11 is 1.18. The summed E-state index contributed by atoms with van der Waals surface area (Å²) < 4.78 is 62.0. The summed E-state index contributed by atoms with van der Waals surface area (Å²) in [6.07, 6.45) is -8.44. The predicted octanol–water partition coefficient (Wildman–Crippen LogP) is 3.27. The molecule has 9 heteroatoms. The third kappa shape index (κ3) is 3.27. The van der Waals surface area contributed by atoms with Gasteiger partial charge in [0.15, 0.2) is 5.69 Å². The fourth-order valence-electron chi connectivity index (χ4n) is 1.25. The number of carboxylic acid groups (broad SMARTS) is 1. The Labute approximate surface area is 111 Å². The van der Waals surface area contributed by atoms with E-state index in [1.165, 1.54) is 22.6 Å². The van der Waals surface area contributed by atoms with Crippen LogP contribution in [0.15, 0.2) is 6.20 Å². The molecule has 0 aliphatic carbocycles. The summed E-state index contributed by atoms with van der Waals surface area (Å²) in [5.74, 6) is -1.49. The standard InChI is InChI=1S/C9H5F5INO2/c10-8(11)4-2-16-7(9(12,13)14)6(15)3(4)1-5(17)18/h2,8H,1H2,(H,17,18). The molecular weight excluding hydrogens is 376 g/mol. The van der Waals surface area contributed by atoms with Crippen LogP contribution in [0.4, 0.5) is 22.0 Å². The molecule has 1 N–H and O–H groups in total. The van der Waals surface area contributed by atoms with Crippen molar-refractivity contribution < 1.29 is 31.9 Å². The van der Waals surface area contributed by atoms with E-state index in [-0.39, 0.29) is 0 Å². The van der Waals surface area contributed by atoms with Gasteiger partial charge in [-0.3, -0.25) is 9.78 Å². The van der Waals surface area contributed by atoms with E-state index in [0.29, 0.717) is 6.20 Å². The molecule has 0 aromatic carbocycles. The van der Waals surface area contributed by atoms with Crippen molar-refractivity contribution in [2.75, 3.05) is 0 Å². The lowest BCUT2D eigenvalue weighted by Gasteiger charge is -2.14. The van der Waals surface area contributed by atoms with Crippen LogP contribution < -0.4 is 0 Å². The van der Waals surface area contributed by atoms with Gasteiger partial charge in [0, 0.05) is 15.3 Å². The summed E-state index contributed by atoms with van der Waals surface area (Å²) in [5, 5.41) is 8.54. The van der Waals surface area contributed by atoms with Gasteiger partial charge in [-0.1, -0.05) is 0 Å². The molecule has 1 rings (SSSR count). The molecule has 1 heterocycles. The van der Waals surface area contributed by atoms with Gasteiger partial charge in [0.05, 0.1) is 6.42 Å². The molecule has 0 fully saturated rings. The van der Waals surface area contributed by atoms with Crippen LogP contribution in [0.25, 0.3) is 0 Å². The molecule has 0 atom stereocenters. The molecule has 0 radical (unpaired) electrons.